The maximum Gasteiger partial charge on any atom is 0.338 e. The van der Waals surface area contributed by atoms with Gasteiger partial charge >= 0.3 is 11.9 Å². The molecule has 0 N–H and O–H groups in total. The van der Waals surface area contributed by atoms with Crippen molar-refractivity contribution >= 4 is 11.9 Å². The topological polar surface area (TPSA) is 52.6 Å². The molecule has 204 valence electrons. The van der Waals surface area contributed by atoms with Gasteiger partial charge in [0.1, 0.15) is 12.2 Å². The third kappa shape index (κ3) is 10.7. The second-order valence-corrected chi connectivity index (χ2v) is 10.3. The smallest absolute Gasteiger partial charge is 0.338 e. The van der Waals surface area contributed by atoms with Gasteiger partial charge in [0.15, 0.2) is 0 Å². The minimum Gasteiger partial charge on any atom is -0.459 e. The van der Waals surface area contributed by atoms with E-state index in [1.807, 2.05) is 69.3 Å². The lowest BCUT2D eigenvalue weighted by atomic mass is 9.94. The van der Waals surface area contributed by atoms with E-state index in [1.165, 1.54) is 62.5 Å². The Morgan fingerprint density at radius 1 is 0.595 bits per heavy atom. The molecule has 2 aromatic carbocycles. The number of carbonyl (C=O) groups is 2. The van der Waals surface area contributed by atoms with E-state index in [0.717, 1.165) is 19.3 Å². The SMILES string of the molecule is CCCCCCc1ccc(C(=O)OC(C)C(CC)C(C)OC(=O)c2ccc(CCCCCC)cc2)cc1. The zero-order valence-electron chi connectivity index (χ0n) is 23.8. The zero-order valence-corrected chi connectivity index (χ0v) is 23.8. The lowest BCUT2D eigenvalue weighted by molar-refractivity contribution is -0.0232. The molecule has 37 heavy (non-hydrogen) atoms. The van der Waals surface area contributed by atoms with Crippen molar-refractivity contribution in [2.75, 3.05) is 0 Å². The lowest BCUT2D eigenvalue weighted by Gasteiger charge is -2.28. The van der Waals surface area contributed by atoms with Crippen molar-refractivity contribution in [2.24, 2.45) is 5.92 Å². The number of benzene rings is 2. The highest BCUT2D eigenvalue weighted by Crippen LogP contribution is 2.22. The first-order chi connectivity index (χ1) is 17.9. The summed E-state index contributed by atoms with van der Waals surface area (Å²) >= 11 is 0. The molecule has 0 aliphatic carbocycles. The van der Waals surface area contributed by atoms with Crippen LogP contribution in [0.3, 0.4) is 0 Å². The molecule has 0 aliphatic heterocycles. The van der Waals surface area contributed by atoms with Crippen LogP contribution >= 0.6 is 0 Å². The Hall–Kier alpha value is -2.62. The summed E-state index contributed by atoms with van der Waals surface area (Å²) < 4.78 is 11.6. The van der Waals surface area contributed by atoms with E-state index in [4.69, 9.17) is 9.47 Å². The van der Waals surface area contributed by atoms with E-state index < -0.39 is 0 Å². The first-order valence-corrected chi connectivity index (χ1v) is 14.5. The van der Waals surface area contributed by atoms with Gasteiger partial charge in [-0.1, -0.05) is 83.6 Å². The minimum absolute atomic E-state index is 0.0939. The fourth-order valence-corrected chi connectivity index (χ4v) is 4.82. The number of unbranched alkanes of at least 4 members (excludes halogenated alkanes) is 6. The van der Waals surface area contributed by atoms with Crippen molar-refractivity contribution < 1.29 is 19.1 Å². The molecule has 0 amide bonds. The van der Waals surface area contributed by atoms with Crippen LogP contribution in [-0.2, 0) is 22.3 Å². The molecule has 4 heteroatoms. The molecule has 2 aromatic rings. The highest BCUT2D eigenvalue weighted by atomic mass is 16.6. The van der Waals surface area contributed by atoms with Crippen LogP contribution in [-0.4, -0.2) is 24.1 Å². The Morgan fingerprint density at radius 3 is 1.30 bits per heavy atom. The molecule has 2 unspecified atom stereocenters. The largest absolute Gasteiger partial charge is 0.459 e. The summed E-state index contributed by atoms with van der Waals surface area (Å²) in [7, 11) is 0. The summed E-state index contributed by atoms with van der Waals surface area (Å²) in [5, 5.41) is 0. The average Bonchev–Trinajstić information content (AvgIpc) is 2.90. The number of carbonyl (C=O) groups excluding carboxylic acids is 2. The van der Waals surface area contributed by atoms with Crippen molar-refractivity contribution in [1.82, 2.24) is 0 Å². The van der Waals surface area contributed by atoms with Gasteiger partial charge in [-0.15, -0.1) is 0 Å². The normalized spacial score (nSPS) is 13.5. The molecule has 0 aromatic heterocycles. The van der Waals surface area contributed by atoms with Crippen LogP contribution < -0.4 is 0 Å². The fourth-order valence-electron chi connectivity index (χ4n) is 4.82. The Kier molecular flexibility index (Phi) is 14.1. The first kappa shape index (κ1) is 30.6. The number of rotatable bonds is 17. The standard InChI is InChI=1S/C33H48O4/c1-6-9-11-13-15-27-17-21-29(22-18-27)32(34)36-25(4)31(8-3)26(5)37-33(35)30-23-19-28(20-24-30)16-14-12-10-7-2/h17-26,31H,6-16H2,1-5H3. The summed E-state index contributed by atoms with van der Waals surface area (Å²) in [6.45, 7) is 10.2. The maximum absolute atomic E-state index is 12.8. The van der Waals surface area contributed by atoms with Gasteiger partial charge in [0.05, 0.1) is 11.1 Å². The molecule has 0 bridgehead atoms. The monoisotopic (exact) mass is 508 g/mol. The van der Waals surface area contributed by atoms with Gasteiger partial charge in [-0.3, -0.25) is 0 Å². The quantitative estimate of drug-likeness (QED) is 0.158. The highest BCUT2D eigenvalue weighted by Gasteiger charge is 2.28. The molecule has 0 heterocycles. The second-order valence-electron chi connectivity index (χ2n) is 10.3. The lowest BCUT2D eigenvalue weighted by Crippen LogP contribution is -2.34. The van der Waals surface area contributed by atoms with Crippen molar-refractivity contribution in [3.8, 4) is 0 Å². The summed E-state index contributed by atoms with van der Waals surface area (Å²) in [5.41, 5.74) is 3.60. The van der Waals surface area contributed by atoms with Crippen LogP contribution in [0.15, 0.2) is 48.5 Å². The molecular weight excluding hydrogens is 460 g/mol. The number of ether oxygens (including phenoxy) is 2. The molecule has 0 aliphatic rings. The van der Waals surface area contributed by atoms with Gasteiger partial charge in [-0.05, 0) is 81.3 Å². The van der Waals surface area contributed by atoms with Gasteiger partial charge in [-0.2, -0.15) is 0 Å². The van der Waals surface area contributed by atoms with E-state index in [0.29, 0.717) is 11.1 Å². The van der Waals surface area contributed by atoms with E-state index in [9.17, 15) is 9.59 Å². The molecule has 2 rings (SSSR count). The van der Waals surface area contributed by atoms with Crippen LogP contribution in [0.1, 0.15) is 124 Å². The van der Waals surface area contributed by atoms with E-state index in [1.54, 1.807) is 0 Å². The Balaban J connectivity index is 1.86. The second kappa shape index (κ2) is 17.0. The summed E-state index contributed by atoms with van der Waals surface area (Å²) in [6.07, 6.45) is 11.9. The van der Waals surface area contributed by atoms with Gasteiger partial charge in [0.2, 0.25) is 0 Å². The van der Waals surface area contributed by atoms with Gasteiger partial charge in [0, 0.05) is 5.92 Å². The summed E-state index contributed by atoms with van der Waals surface area (Å²) in [6, 6.07) is 15.5. The third-order valence-corrected chi connectivity index (χ3v) is 7.28. The van der Waals surface area contributed by atoms with Crippen LogP contribution in [0.5, 0.6) is 0 Å². The van der Waals surface area contributed by atoms with Crippen LogP contribution in [0, 0.1) is 5.92 Å². The molecule has 0 saturated carbocycles. The molecule has 4 nitrogen and oxygen atoms in total. The van der Waals surface area contributed by atoms with E-state index >= 15 is 0 Å². The molecule has 0 saturated heterocycles. The molecule has 2 atom stereocenters. The maximum atomic E-state index is 12.8. The van der Waals surface area contributed by atoms with Gasteiger partial charge < -0.3 is 9.47 Å². The highest BCUT2D eigenvalue weighted by molar-refractivity contribution is 5.90. The Labute approximate surface area is 225 Å². The first-order valence-electron chi connectivity index (χ1n) is 14.5. The predicted octanol–water partition coefficient (Wildman–Crippen LogP) is 8.75. The van der Waals surface area contributed by atoms with Gasteiger partial charge in [-0.25, -0.2) is 9.59 Å². The molecule has 0 fully saturated rings. The zero-order chi connectivity index (χ0) is 27.0. The van der Waals surface area contributed by atoms with Crippen molar-refractivity contribution in [3.05, 3.63) is 70.8 Å². The molecule has 0 radical (unpaired) electrons. The minimum atomic E-state index is -0.375. The fraction of sp³-hybridized carbons (Fsp3) is 0.576. The Morgan fingerprint density at radius 2 is 0.973 bits per heavy atom. The summed E-state index contributed by atoms with van der Waals surface area (Å²) in [5.74, 6) is -0.767. The molecular formula is C33H48O4. The van der Waals surface area contributed by atoms with Gasteiger partial charge in [0.25, 0.3) is 0 Å². The number of hydrogen-bond acceptors (Lipinski definition) is 4. The summed E-state index contributed by atoms with van der Waals surface area (Å²) in [4.78, 5) is 25.5. The van der Waals surface area contributed by atoms with E-state index in [-0.39, 0.29) is 30.1 Å². The number of hydrogen-bond donors (Lipinski definition) is 0. The van der Waals surface area contributed by atoms with Crippen molar-refractivity contribution in [2.45, 2.75) is 117 Å². The number of esters is 2. The van der Waals surface area contributed by atoms with Crippen LogP contribution in [0.2, 0.25) is 0 Å². The van der Waals surface area contributed by atoms with Crippen LogP contribution in [0.4, 0.5) is 0 Å². The van der Waals surface area contributed by atoms with Crippen molar-refractivity contribution in [1.29, 1.82) is 0 Å². The van der Waals surface area contributed by atoms with Crippen LogP contribution in [0.25, 0.3) is 0 Å². The average molecular weight is 509 g/mol. The molecule has 0 spiro atoms. The van der Waals surface area contributed by atoms with Crippen molar-refractivity contribution in [3.63, 3.8) is 0 Å². The van der Waals surface area contributed by atoms with E-state index in [2.05, 4.69) is 13.8 Å². The number of aryl methyl sites for hydroxylation is 2. The Bertz CT molecular complexity index is 841. The predicted molar refractivity (Wildman–Crippen MR) is 152 cm³/mol. The third-order valence-electron chi connectivity index (χ3n) is 7.28.